The fourth-order valence-corrected chi connectivity index (χ4v) is 2.94. The van der Waals surface area contributed by atoms with Crippen LogP contribution in [0, 0.1) is 0 Å². The Balaban J connectivity index is 1.78. The first-order valence-electron chi connectivity index (χ1n) is 6.59. The van der Waals surface area contributed by atoms with E-state index in [0.29, 0.717) is 18.5 Å². The van der Waals surface area contributed by atoms with Crippen molar-refractivity contribution in [1.29, 1.82) is 0 Å². The number of fused-ring (bicyclic) bond motifs is 1. The maximum Gasteiger partial charge on any atom is 0.321 e. The molecule has 2 N–H and O–H groups in total. The van der Waals surface area contributed by atoms with E-state index in [4.69, 9.17) is 19.0 Å². The Morgan fingerprint density at radius 1 is 1.45 bits per heavy atom. The first-order valence-corrected chi connectivity index (χ1v) is 9.21. The van der Waals surface area contributed by atoms with E-state index >= 15 is 0 Å². The average Bonchev–Trinajstić information content (AvgIpc) is 3.06. The van der Waals surface area contributed by atoms with Gasteiger partial charge in [-0.25, -0.2) is 9.97 Å². The van der Waals surface area contributed by atoms with Crippen molar-refractivity contribution in [1.82, 2.24) is 19.1 Å². The van der Waals surface area contributed by atoms with Crippen LogP contribution in [0.3, 0.4) is 0 Å². The van der Waals surface area contributed by atoms with Crippen molar-refractivity contribution in [3.05, 3.63) is 23.0 Å². The Bertz CT molecular complexity index is 799. The minimum atomic E-state index is -3.67. The van der Waals surface area contributed by atoms with Crippen LogP contribution < -0.4 is 5.56 Å². The second-order valence-electron chi connectivity index (χ2n) is 5.06. The molecule has 11 heteroatoms. The molecule has 2 atom stereocenters. The zero-order chi connectivity index (χ0) is 15.9. The van der Waals surface area contributed by atoms with Crippen LogP contribution in [0.4, 0.5) is 0 Å². The van der Waals surface area contributed by atoms with Gasteiger partial charge >= 0.3 is 6.72 Å². The van der Waals surface area contributed by atoms with Gasteiger partial charge in [-0.3, -0.25) is 9.36 Å². The van der Waals surface area contributed by atoms with Crippen molar-refractivity contribution < 1.29 is 19.0 Å². The number of hydrogen-bond acceptors (Lipinski definition) is 6. The minimum Gasteiger partial charge on any atom is -0.352 e. The molecular formula is C11H15N4O5PS. The van der Waals surface area contributed by atoms with Gasteiger partial charge in [0.15, 0.2) is 11.2 Å². The standard InChI is InChI=1S/C11H15N4O5PS/c1-14-5-13-10-9(11(14)16)12-6-15(10)8-3-2-7(20-8)4-19-21(17,18)22/h5-8H,2-4H2,1H3,(H2,17,18,22). The molecule has 0 bridgehead atoms. The van der Waals surface area contributed by atoms with Gasteiger partial charge in [0.1, 0.15) is 6.23 Å². The van der Waals surface area contributed by atoms with Crippen molar-refractivity contribution in [2.24, 2.45) is 7.05 Å². The number of hydrogen-bond donors (Lipinski definition) is 2. The molecule has 3 rings (SSSR count). The lowest BCUT2D eigenvalue weighted by atomic mass is 10.2. The number of aryl methyl sites for hydroxylation is 1. The lowest BCUT2D eigenvalue weighted by Crippen LogP contribution is -2.19. The molecule has 2 aromatic rings. The van der Waals surface area contributed by atoms with E-state index in [2.05, 4.69) is 21.8 Å². The van der Waals surface area contributed by atoms with E-state index < -0.39 is 6.72 Å². The monoisotopic (exact) mass is 346 g/mol. The van der Waals surface area contributed by atoms with Gasteiger partial charge in [-0.1, -0.05) is 0 Å². The Labute approximate surface area is 130 Å². The number of imidazole rings is 1. The van der Waals surface area contributed by atoms with Crippen LogP contribution in [-0.2, 0) is 28.1 Å². The fraction of sp³-hybridized carbons (Fsp3) is 0.545. The SMILES string of the molecule is Cn1cnc2c(ncn2C2CCC(COP(O)(O)=S)O2)c1=O. The molecule has 2 unspecified atom stereocenters. The largest absolute Gasteiger partial charge is 0.352 e. The van der Waals surface area contributed by atoms with Crippen molar-refractivity contribution in [2.45, 2.75) is 25.2 Å². The summed E-state index contributed by atoms with van der Waals surface area (Å²) in [5.74, 6) is 0. The van der Waals surface area contributed by atoms with Gasteiger partial charge in [0, 0.05) is 7.05 Å². The maximum absolute atomic E-state index is 12.0. The minimum absolute atomic E-state index is 0.0165. The van der Waals surface area contributed by atoms with Gasteiger partial charge in [0.25, 0.3) is 5.56 Å². The first kappa shape index (κ1) is 15.7. The molecule has 3 heterocycles. The lowest BCUT2D eigenvalue weighted by molar-refractivity contribution is -0.0178. The first-order chi connectivity index (χ1) is 10.3. The van der Waals surface area contributed by atoms with Crippen LogP contribution in [0.25, 0.3) is 11.2 Å². The van der Waals surface area contributed by atoms with Crippen LogP contribution in [0.5, 0.6) is 0 Å². The predicted octanol–water partition coefficient (Wildman–Crippen LogP) is 0.0333. The molecule has 120 valence electrons. The van der Waals surface area contributed by atoms with E-state index in [-0.39, 0.29) is 30.0 Å². The predicted molar refractivity (Wildman–Crippen MR) is 80.6 cm³/mol. The zero-order valence-electron chi connectivity index (χ0n) is 11.7. The summed E-state index contributed by atoms with van der Waals surface area (Å²) in [4.78, 5) is 38.4. The van der Waals surface area contributed by atoms with E-state index in [1.165, 1.54) is 17.2 Å². The van der Waals surface area contributed by atoms with Crippen LogP contribution in [-0.4, -0.2) is 41.6 Å². The second kappa shape index (κ2) is 5.80. The summed E-state index contributed by atoms with van der Waals surface area (Å²) in [5.41, 5.74) is 0.529. The molecule has 1 fully saturated rings. The summed E-state index contributed by atoms with van der Waals surface area (Å²) < 4.78 is 13.7. The third kappa shape index (κ3) is 3.12. The van der Waals surface area contributed by atoms with Gasteiger partial charge in [0.2, 0.25) is 0 Å². The number of aromatic nitrogens is 4. The zero-order valence-corrected chi connectivity index (χ0v) is 13.4. The number of ether oxygens (including phenoxy) is 1. The van der Waals surface area contributed by atoms with Crippen molar-refractivity contribution >= 4 is 29.7 Å². The molecule has 0 spiro atoms. The molecule has 1 saturated heterocycles. The Morgan fingerprint density at radius 2 is 2.23 bits per heavy atom. The molecule has 9 nitrogen and oxygen atoms in total. The summed E-state index contributed by atoms with van der Waals surface area (Å²) in [6.07, 6.45) is 3.69. The van der Waals surface area contributed by atoms with Gasteiger partial charge in [-0.2, -0.15) is 0 Å². The van der Waals surface area contributed by atoms with Gasteiger partial charge in [-0.05, 0) is 24.6 Å². The molecular weight excluding hydrogens is 331 g/mol. The van der Waals surface area contributed by atoms with Crippen molar-refractivity contribution in [2.75, 3.05) is 6.61 Å². The molecule has 0 radical (unpaired) electrons. The number of nitrogens with zero attached hydrogens (tertiary/aromatic N) is 4. The molecule has 0 aliphatic carbocycles. The topological polar surface area (TPSA) is 112 Å². The van der Waals surface area contributed by atoms with Crippen molar-refractivity contribution in [3.8, 4) is 0 Å². The molecule has 0 amide bonds. The summed E-state index contributed by atoms with van der Waals surface area (Å²) in [7, 11) is 1.61. The van der Waals surface area contributed by atoms with Gasteiger partial charge < -0.3 is 23.6 Å². The van der Waals surface area contributed by atoms with Crippen LogP contribution in [0.1, 0.15) is 19.1 Å². The maximum atomic E-state index is 12.0. The lowest BCUT2D eigenvalue weighted by Gasteiger charge is -2.16. The summed E-state index contributed by atoms with van der Waals surface area (Å²) in [5, 5.41) is 0. The highest BCUT2D eigenvalue weighted by atomic mass is 32.5. The molecule has 22 heavy (non-hydrogen) atoms. The van der Waals surface area contributed by atoms with Crippen LogP contribution in [0.2, 0.25) is 0 Å². The Morgan fingerprint density at radius 3 is 2.95 bits per heavy atom. The van der Waals surface area contributed by atoms with Crippen LogP contribution >= 0.6 is 6.72 Å². The summed E-state index contributed by atoms with van der Waals surface area (Å²) in [6.45, 7) is -3.65. The summed E-state index contributed by atoms with van der Waals surface area (Å²) >= 11 is 4.40. The Kier molecular flexibility index (Phi) is 4.15. The fourth-order valence-electron chi connectivity index (χ4n) is 2.40. The van der Waals surface area contributed by atoms with E-state index in [1.807, 2.05) is 0 Å². The third-order valence-electron chi connectivity index (χ3n) is 3.47. The summed E-state index contributed by atoms with van der Waals surface area (Å²) in [6, 6.07) is 0. The average molecular weight is 346 g/mol. The molecule has 1 aliphatic heterocycles. The molecule has 2 aromatic heterocycles. The van der Waals surface area contributed by atoms with Gasteiger partial charge in [-0.15, -0.1) is 0 Å². The van der Waals surface area contributed by atoms with Crippen LogP contribution in [0.15, 0.2) is 17.4 Å². The smallest absolute Gasteiger partial charge is 0.321 e. The highest BCUT2D eigenvalue weighted by molar-refractivity contribution is 8.06. The number of rotatable bonds is 4. The quantitative estimate of drug-likeness (QED) is 0.746. The normalized spacial score (nSPS) is 22.5. The molecule has 0 saturated carbocycles. The van der Waals surface area contributed by atoms with E-state index in [9.17, 15) is 4.79 Å². The van der Waals surface area contributed by atoms with E-state index in [1.54, 1.807) is 11.6 Å². The van der Waals surface area contributed by atoms with Crippen molar-refractivity contribution in [3.63, 3.8) is 0 Å². The van der Waals surface area contributed by atoms with E-state index in [0.717, 1.165) is 0 Å². The molecule has 0 aromatic carbocycles. The second-order valence-corrected chi connectivity index (χ2v) is 7.73. The highest BCUT2D eigenvalue weighted by Gasteiger charge is 2.29. The highest BCUT2D eigenvalue weighted by Crippen LogP contribution is 2.38. The molecule has 1 aliphatic rings. The Hall–Kier alpha value is -1.16. The third-order valence-corrected chi connectivity index (χ3v) is 4.27. The van der Waals surface area contributed by atoms with Gasteiger partial charge in [0.05, 0.1) is 25.4 Å².